The maximum Gasteiger partial charge on any atom is 0.323 e. The van der Waals surface area contributed by atoms with Gasteiger partial charge in [-0.3, -0.25) is 9.69 Å². The normalized spacial score (nSPS) is 19.5. The van der Waals surface area contributed by atoms with Gasteiger partial charge in [0.1, 0.15) is 11.9 Å². The first kappa shape index (κ1) is 15.9. The van der Waals surface area contributed by atoms with E-state index >= 15 is 0 Å². The van der Waals surface area contributed by atoms with E-state index in [1.165, 1.54) is 6.07 Å². The Labute approximate surface area is 125 Å². The molecule has 116 valence electrons. The van der Waals surface area contributed by atoms with Crippen molar-refractivity contribution in [2.75, 3.05) is 13.2 Å². The number of rotatable bonds is 5. The van der Waals surface area contributed by atoms with E-state index in [0.29, 0.717) is 18.7 Å². The van der Waals surface area contributed by atoms with Crippen molar-refractivity contribution in [2.24, 2.45) is 5.73 Å². The third-order valence-electron chi connectivity index (χ3n) is 3.89. The summed E-state index contributed by atoms with van der Waals surface area (Å²) < 4.78 is 18.6. The molecule has 1 heterocycles. The van der Waals surface area contributed by atoms with Crippen LogP contribution in [0.15, 0.2) is 18.2 Å². The Balaban J connectivity index is 2.10. The molecule has 4 nitrogen and oxygen atoms in total. The molecule has 0 radical (unpaired) electrons. The smallest absolute Gasteiger partial charge is 0.323 e. The average molecular weight is 294 g/mol. The van der Waals surface area contributed by atoms with Crippen LogP contribution < -0.4 is 5.73 Å². The Bertz CT molecular complexity index is 493. The first-order valence-corrected chi connectivity index (χ1v) is 7.53. The first-order chi connectivity index (χ1) is 10.2. The molecule has 5 heteroatoms. The highest BCUT2D eigenvalue weighted by atomic mass is 19.1. The van der Waals surface area contributed by atoms with Crippen LogP contribution in [-0.4, -0.2) is 30.1 Å². The monoisotopic (exact) mass is 294 g/mol. The van der Waals surface area contributed by atoms with E-state index < -0.39 is 0 Å². The van der Waals surface area contributed by atoms with Crippen LogP contribution in [0.5, 0.6) is 0 Å². The average Bonchev–Trinajstić information content (AvgIpc) is 2.50. The number of piperidine rings is 1. The summed E-state index contributed by atoms with van der Waals surface area (Å²) in [5.41, 5.74) is 7.03. The van der Waals surface area contributed by atoms with Crippen LogP contribution in [-0.2, 0) is 22.6 Å². The fourth-order valence-electron chi connectivity index (χ4n) is 2.80. The number of halogens is 1. The molecule has 1 aromatic rings. The largest absolute Gasteiger partial charge is 0.465 e. The van der Waals surface area contributed by atoms with Gasteiger partial charge in [0.25, 0.3) is 0 Å². The molecule has 1 aromatic carbocycles. The van der Waals surface area contributed by atoms with Crippen molar-refractivity contribution in [3.8, 4) is 0 Å². The molecule has 0 aliphatic carbocycles. The van der Waals surface area contributed by atoms with Crippen molar-refractivity contribution in [3.05, 3.63) is 35.1 Å². The lowest BCUT2D eigenvalue weighted by molar-refractivity contribution is -0.151. The van der Waals surface area contributed by atoms with Gasteiger partial charge in [-0.25, -0.2) is 4.39 Å². The number of ether oxygens (including phenoxy) is 1. The van der Waals surface area contributed by atoms with Crippen LogP contribution in [0.1, 0.15) is 37.3 Å². The summed E-state index contributed by atoms with van der Waals surface area (Å²) in [5, 5.41) is 0. The van der Waals surface area contributed by atoms with Gasteiger partial charge in [0, 0.05) is 18.7 Å². The highest BCUT2D eigenvalue weighted by Crippen LogP contribution is 2.21. The summed E-state index contributed by atoms with van der Waals surface area (Å²) in [5.74, 6) is -0.430. The highest BCUT2D eigenvalue weighted by molar-refractivity contribution is 5.75. The second kappa shape index (κ2) is 7.52. The van der Waals surface area contributed by atoms with E-state index in [0.717, 1.165) is 31.4 Å². The minimum atomic E-state index is -0.276. The van der Waals surface area contributed by atoms with Crippen molar-refractivity contribution in [2.45, 2.75) is 45.3 Å². The zero-order valence-electron chi connectivity index (χ0n) is 12.5. The molecular weight excluding hydrogens is 271 g/mol. The molecule has 21 heavy (non-hydrogen) atoms. The van der Waals surface area contributed by atoms with E-state index in [1.807, 2.05) is 6.92 Å². The zero-order valence-corrected chi connectivity index (χ0v) is 12.5. The predicted molar refractivity (Wildman–Crippen MR) is 79.0 cm³/mol. The summed E-state index contributed by atoms with van der Waals surface area (Å²) >= 11 is 0. The quantitative estimate of drug-likeness (QED) is 0.846. The lowest BCUT2D eigenvalue weighted by Gasteiger charge is -2.34. The minimum Gasteiger partial charge on any atom is -0.465 e. The van der Waals surface area contributed by atoms with E-state index in [9.17, 15) is 9.18 Å². The number of nitrogens with two attached hydrogens (primary N) is 1. The molecule has 1 fully saturated rings. The maximum atomic E-state index is 13.5. The number of likely N-dealkylation sites (tertiary alicyclic amines) is 1. The second-order valence-corrected chi connectivity index (χ2v) is 5.36. The van der Waals surface area contributed by atoms with Gasteiger partial charge >= 0.3 is 5.97 Å². The van der Waals surface area contributed by atoms with Crippen LogP contribution in [0.3, 0.4) is 0 Å². The van der Waals surface area contributed by atoms with E-state index in [4.69, 9.17) is 10.5 Å². The number of hydrogen-bond donors (Lipinski definition) is 1. The van der Waals surface area contributed by atoms with Crippen LogP contribution in [0, 0.1) is 5.82 Å². The van der Waals surface area contributed by atoms with Gasteiger partial charge in [-0.15, -0.1) is 0 Å². The van der Waals surface area contributed by atoms with Gasteiger partial charge in [0.05, 0.1) is 6.61 Å². The second-order valence-electron chi connectivity index (χ2n) is 5.36. The topological polar surface area (TPSA) is 55.6 Å². The Hall–Kier alpha value is -1.46. The number of carbonyl (C=O) groups is 1. The zero-order chi connectivity index (χ0) is 15.2. The van der Waals surface area contributed by atoms with Crippen LogP contribution >= 0.6 is 0 Å². The van der Waals surface area contributed by atoms with Crippen LogP contribution in [0.2, 0.25) is 0 Å². The van der Waals surface area contributed by atoms with E-state index in [1.54, 1.807) is 12.1 Å². The van der Waals surface area contributed by atoms with Gasteiger partial charge in [0.2, 0.25) is 0 Å². The molecule has 1 aliphatic heterocycles. The molecule has 0 spiro atoms. The SMILES string of the molecule is CCOC(=O)C1CCCCN1Cc1ccc(F)c(CN)c1. The summed E-state index contributed by atoms with van der Waals surface area (Å²) in [6.45, 7) is 3.88. The highest BCUT2D eigenvalue weighted by Gasteiger charge is 2.29. The minimum absolute atomic E-state index is 0.154. The molecule has 0 bridgehead atoms. The summed E-state index contributed by atoms with van der Waals surface area (Å²) in [7, 11) is 0. The fraction of sp³-hybridized carbons (Fsp3) is 0.562. The Morgan fingerprint density at radius 2 is 2.29 bits per heavy atom. The molecule has 0 amide bonds. The van der Waals surface area contributed by atoms with Gasteiger partial charge in [-0.05, 0) is 37.9 Å². The molecule has 0 aromatic heterocycles. The van der Waals surface area contributed by atoms with Gasteiger partial charge in [-0.2, -0.15) is 0 Å². The third-order valence-corrected chi connectivity index (χ3v) is 3.89. The van der Waals surface area contributed by atoms with Crippen molar-refractivity contribution in [3.63, 3.8) is 0 Å². The molecule has 2 N–H and O–H groups in total. The Morgan fingerprint density at radius 3 is 3.00 bits per heavy atom. The van der Waals surface area contributed by atoms with E-state index in [-0.39, 0.29) is 24.4 Å². The van der Waals surface area contributed by atoms with Crippen molar-refractivity contribution >= 4 is 5.97 Å². The lowest BCUT2D eigenvalue weighted by Crippen LogP contribution is -2.44. The molecule has 1 atom stereocenters. The maximum absolute atomic E-state index is 13.5. The summed E-state index contributed by atoms with van der Waals surface area (Å²) in [4.78, 5) is 14.2. The molecule has 0 saturated carbocycles. The molecule has 1 unspecified atom stereocenters. The van der Waals surface area contributed by atoms with Crippen molar-refractivity contribution in [1.29, 1.82) is 0 Å². The Morgan fingerprint density at radius 1 is 1.48 bits per heavy atom. The summed E-state index contributed by atoms with van der Waals surface area (Å²) in [6, 6.07) is 4.79. The van der Waals surface area contributed by atoms with Gasteiger partial charge in [0.15, 0.2) is 0 Å². The number of hydrogen-bond acceptors (Lipinski definition) is 4. The number of carbonyl (C=O) groups excluding carboxylic acids is 1. The predicted octanol–water partition coefficient (Wildman–Crippen LogP) is 2.20. The van der Waals surface area contributed by atoms with Crippen molar-refractivity contribution in [1.82, 2.24) is 4.90 Å². The first-order valence-electron chi connectivity index (χ1n) is 7.53. The standard InChI is InChI=1S/C16H23FN2O2/c1-2-21-16(20)15-5-3-4-8-19(15)11-12-6-7-14(17)13(9-12)10-18/h6-7,9,15H,2-5,8,10-11,18H2,1H3. The molecular formula is C16H23FN2O2. The molecule has 1 aliphatic rings. The lowest BCUT2D eigenvalue weighted by atomic mass is 10.0. The molecule has 1 saturated heterocycles. The fourth-order valence-corrected chi connectivity index (χ4v) is 2.80. The van der Waals surface area contributed by atoms with E-state index in [2.05, 4.69) is 4.90 Å². The number of benzene rings is 1. The number of esters is 1. The molecule has 2 rings (SSSR count). The van der Waals surface area contributed by atoms with Crippen LogP contribution in [0.4, 0.5) is 4.39 Å². The summed E-state index contributed by atoms with van der Waals surface area (Å²) in [6.07, 6.45) is 2.93. The Kier molecular flexibility index (Phi) is 5.70. The van der Waals surface area contributed by atoms with Crippen LogP contribution in [0.25, 0.3) is 0 Å². The van der Waals surface area contributed by atoms with Crippen molar-refractivity contribution < 1.29 is 13.9 Å². The van der Waals surface area contributed by atoms with Gasteiger partial charge < -0.3 is 10.5 Å². The third kappa shape index (κ3) is 4.02. The number of nitrogens with zero attached hydrogens (tertiary/aromatic N) is 1. The van der Waals surface area contributed by atoms with Gasteiger partial charge in [-0.1, -0.05) is 18.6 Å².